The summed E-state index contributed by atoms with van der Waals surface area (Å²) in [5.41, 5.74) is 3.03. The van der Waals surface area contributed by atoms with Crippen LogP contribution in [0.4, 0.5) is 5.69 Å². The summed E-state index contributed by atoms with van der Waals surface area (Å²) in [6.45, 7) is 1.95. The number of allylic oxidation sites excluding steroid dienone is 1. The zero-order valence-electron chi connectivity index (χ0n) is 11.5. The Bertz CT molecular complexity index is 724. The molecule has 0 aromatic heterocycles. The highest BCUT2D eigenvalue weighted by Crippen LogP contribution is 2.37. The number of nitrogens with one attached hydrogen (secondary N) is 2. The Morgan fingerprint density at radius 1 is 1.05 bits per heavy atom. The fraction of sp³-hybridized carbons (Fsp3) is 0.125. The van der Waals surface area contributed by atoms with E-state index in [1.165, 1.54) is 0 Å². The molecule has 2 aromatic carbocycles. The molecular formula is C16H15N3O2. The predicted molar refractivity (Wildman–Crippen MR) is 82.3 cm³/mol. The van der Waals surface area contributed by atoms with Crippen LogP contribution < -0.4 is 15.5 Å². The first-order valence-corrected chi connectivity index (χ1v) is 6.65. The number of benzene rings is 2. The lowest BCUT2D eigenvalue weighted by atomic mass is 9.98. The molecule has 0 fully saturated rings. The zero-order valence-corrected chi connectivity index (χ0v) is 11.5. The Hall–Kier alpha value is -2.82. The van der Waals surface area contributed by atoms with E-state index in [4.69, 9.17) is 0 Å². The molecule has 0 radical (unpaired) electrons. The Morgan fingerprint density at radius 2 is 1.71 bits per heavy atom. The van der Waals surface area contributed by atoms with Gasteiger partial charge in [-0.1, -0.05) is 30.3 Å². The van der Waals surface area contributed by atoms with E-state index in [1.807, 2.05) is 48.2 Å². The highest BCUT2D eigenvalue weighted by Gasteiger charge is 2.25. The highest BCUT2D eigenvalue weighted by atomic mass is 16.1. The minimum atomic E-state index is -0.616. The molecule has 21 heavy (non-hydrogen) atoms. The van der Waals surface area contributed by atoms with Gasteiger partial charge in [0.05, 0.1) is 5.69 Å². The van der Waals surface area contributed by atoms with Crippen LogP contribution in [0.1, 0.15) is 12.5 Å². The molecule has 5 nitrogen and oxygen atoms in total. The quantitative estimate of drug-likeness (QED) is 0.649. The maximum Gasteiger partial charge on any atom is 0.210 e. The number of hydrogen-bond donors (Lipinski definition) is 2. The minimum Gasteiger partial charge on any atom is -0.321 e. The van der Waals surface area contributed by atoms with E-state index in [0.29, 0.717) is 12.8 Å². The van der Waals surface area contributed by atoms with Crippen molar-refractivity contribution in [3.8, 4) is 0 Å². The van der Waals surface area contributed by atoms with Crippen molar-refractivity contribution < 1.29 is 9.59 Å². The van der Waals surface area contributed by atoms with Gasteiger partial charge in [0.25, 0.3) is 0 Å². The van der Waals surface area contributed by atoms with Crippen molar-refractivity contribution in [2.45, 2.75) is 13.2 Å². The number of rotatable bonds is 5. The zero-order chi connectivity index (χ0) is 14.8. The molecule has 0 bridgehead atoms. The fourth-order valence-electron chi connectivity index (χ4n) is 2.82. The molecule has 0 saturated heterocycles. The molecule has 1 aliphatic heterocycles. The summed E-state index contributed by atoms with van der Waals surface area (Å²) in [6, 6.07) is 12.1. The van der Waals surface area contributed by atoms with E-state index < -0.39 is 6.29 Å². The molecule has 2 aromatic rings. The van der Waals surface area contributed by atoms with Gasteiger partial charge < -0.3 is 15.5 Å². The van der Waals surface area contributed by atoms with Crippen molar-refractivity contribution in [2.75, 3.05) is 4.90 Å². The first kappa shape index (κ1) is 13.2. The third-order valence-electron chi connectivity index (χ3n) is 3.63. The van der Waals surface area contributed by atoms with Crippen LogP contribution in [0.25, 0.3) is 16.8 Å². The molecule has 1 heterocycles. The molecule has 0 aliphatic carbocycles. The van der Waals surface area contributed by atoms with Crippen LogP contribution in [0.3, 0.4) is 0 Å². The molecule has 2 N–H and O–H groups in total. The van der Waals surface area contributed by atoms with Crippen molar-refractivity contribution in [2.24, 2.45) is 0 Å². The molecular weight excluding hydrogens is 266 g/mol. The summed E-state index contributed by atoms with van der Waals surface area (Å²) < 4.78 is 0. The van der Waals surface area contributed by atoms with E-state index in [-0.39, 0.29) is 0 Å². The standard InChI is InChI=1S/C16H15N3O2/c1-11-8-13-6-2-4-12-5-3-7-14(15(12)13)19(11)16(17-9-20)18-10-21/h2-10,16H,1H3,(H,17,20)(H,18,21). The van der Waals surface area contributed by atoms with Gasteiger partial charge in [-0.05, 0) is 30.0 Å². The van der Waals surface area contributed by atoms with Gasteiger partial charge in [0.15, 0.2) is 6.29 Å². The van der Waals surface area contributed by atoms with Crippen LogP contribution in [0.2, 0.25) is 0 Å². The number of nitrogens with zero attached hydrogens (tertiary/aromatic N) is 1. The van der Waals surface area contributed by atoms with Gasteiger partial charge in [0, 0.05) is 11.1 Å². The summed E-state index contributed by atoms with van der Waals surface area (Å²) in [7, 11) is 0. The number of amides is 2. The Labute approximate surface area is 122 Å². The maximum atomic E-state index is 10.8. The van der Waals surface area contributed by atoms with Crippen molar-refractivity contribution in [1.82, 2.24) is 10.6 Å². The summed E-state index contributed by atoms with van der Waals surface area (Å²) in [4.78, 5) is 23.5. The first-order valence-electron chi connectivity index (χ1n) is 6.65. The van der Waals surface area contributed by atoms with Crippen molar-refractivity contribution in [3.63, 3.8) is 0 Å². The first-order chi connectivity index (χ1) is 10.3. The van der Waals surface area contributed by atoms with Gasteiger partial charge >= 0.3 is 0 Å². The van der Waals surface area contributed by atoms with Gasteiger partial charge in [-0.3, -0.25) is 9.59 Å². The van der Waals surface area contributed by atoms with Gasteiger partial charge in [0.1, 0.15) is 0 Å². The number of carbonyl (C=O) groups is 2. The van der Waals surface area contributed by atoms with Crippen molar-refractivity contribution >= 4 is 35.4 Å². The highest BCUT2D eigenvalue weighted by molar-refractivity contribution is 6.03. The van der Waals surface area contributed by atoms with Crippen LogP contribution in [0.15, 0.2) is 42.1 Å². The number of carbonyl (C=O) groups excluding carboxylic acids is 2. The molecule has 0 saturated carbocycles. The molecule has 5 heteroatoms. The second-order valence-electron chi connectivity index (χ2n) is 4.85. The monoisotopic (exact) mass is 281 g/mol. The van der Waals surface area contributed by atoms with Crippen LogP contribution in [0, 0.1) is 0 Å². The molecule has 2 amide bonds. The van der Waals surface area contributed by atoms with Gasteiger partial charge in [-0.25, -0.2) is 0 Å². The normalized spacial score (nSPS) is 13.0. The lowest BCUT2D eigenvalue weighted by Crippen LogP contribution is -2.54. The second kappa shape index (κ2) is 5.28. The Morgan fingerprint density at radius 3 is 2.38 bits per heavy atom. The minimum absolute atomic E-state index is 0.578. The predicted octanol–water partition coefficient (Wildman–Crippen LogP) is 1.80. The molecule has 3 rings (SSSR count). The summed E-state index contributed by atoms with van der Waals surface area (Å²) >= 11 is 0. The van der Waals surface area contributed by atoms with Gasteiger partial charge in [-0.2, -0.15) is 0 Å². The summed E-state index contributed by atoms with van der Waals surface area (Å²) in [5, 5.41) is 7.47. The maximum absolute atomic E-state index is 10.8. The van der Waals surface area contributed by atoms with Gasteiger partial charge in [0.2, 0.25) is 12.8 Å². The van der Waals surface area contributed by atoms with E-state index in [9.17, 15) is 9.59 Å². The summed E-state index contributed by atoms with van der Waals surface area (Å²) in [5.74, 6) is 0. The van der Waals surface area contributed by atoms with Crippen LogP contribution in [-0.2, 0) is 9.59 Å². The molecule has 0 unspecified atom stereocenters. The third-order valence-corrected chi connectivity index (χ3v) is 3.63. The smallest absolute Gasteiger partial charge is 0.210 e. The third kappa shape index (κ3) is 2.12. The lowest BCUT2D eigenvalue weighted by molar-refractivity contribution is -0.112. The van der Waals surface area contributed by atoms with Crippen LogP contribution in [-0.4, -0.2) is 19.1 Å². The topological polar surface area (TPSA) is 61.4 Å². The van der Waals surface area contributed by atoms with Crippen LogP contribution >= 0.6 is 0 Å². The Balaban J connectivity index is 2.19. The number of hydrogen-bond acceptors (Lipinski definition) is 3. The Kier molecular flexibility index (Phi) is 3.31. The van der Waals surface area contributed by atoms with E-state index in [0.717, 1.165) is 27.7 Å². The van der Waals surface area contributed by atoms with E-state index in [2.05, 4.69) is 16.7 Å². The van der Waals surface area contributed by atoms with E-state index >= 15 is 0 Å². The molecule has 1 aliphatic rings. The van der Waals surface area contributed by atoms with Crippen molar-refractivity contribution in [3.05, 3.63) is 47.7 Å². The molecule has 0 atom stereocenters. The number of anilines is 1. The second-order valence-corrected chi connectivity index (χ2v) is 4.85. The largest absolute Gasteiger partial charge is 0.321 e. The molecule has 106 valence electrons. The summed E-state index contributed by atoms with van der Waals surface area (Å²) in [6.07, 6.45) is 2.58. The fourth-order valence-corrected chi connectivity index (χ4v) is 2.82. The lowest BCUT2D eigenvalue weighted by Gasteiger charge is -2.36. The average molecular weight is 281 g/mol. The van der Waals surface area contributed by atoms with E-state index in [1.54, 1.807) is 0 Å². The van der Waals surface area contributed by atoms with Crippen LogP contribution in [0.5, 0.6) is 0 Å². The van der Waals surface area contributed by atoms with Crippen molar-refractivity contribution in [1.29, 1.82) is 0 Å². The molecule has 0 spiro atoms. The van der Waals surface area contributed by atoms with Gasteiger partial charge in [-0.15, -0.1) is 0 Å². The SMILES string of the molecule is CC1=Cc2cccc3cccc(c23)N1C(NC=O)NC=O. The average Bonchev–Trinajstić information content (AvgIpc) is 2.48.